The Morgan fingerprint density at radius 3 is 2.41 bits per heavy atom. The van der Waals surface area contributed by atoms with E-state index in [1.807, 2.05) is 19.2 Å². The van der Waals surface area contributed by atoms with Gasteiger partial charge in [0, 0.05) is 18.8 Å². The highest BCUT2D eigenvalue weighted by atomic mass is 19.4. The van der Waals surface area contributed by atoms with Crippen LogP contribution in [0.2, 0.25) is 0 Å². The van der Waals surface area contributed by atoms with Crippen LogP contribution in [0.25, 0.3) is 0 Å². The Kier molecular flexibility index (Phi) is 8.84. The number of hydrogen-bond acceptors (Lipinski definition) is 6. The van der Waals surface area contributed by atoms with Gasteiger partial charge in [-0.25, -0.2) is 9.59 Å². The summed E-state index contributed by atoms with van der Waals surface area (Å²) >= 11 is 0. The van der Waals surface area contributed by atoms with Crippen LogP contribution in [0.1, 0.15) is 24.2 Å². The summed E-state index contributed by atoms with van der Waals surface area (Å²) in [6, 6.07) is 4.88. The van der Waals surface area contributed by atoms with Crippen molar-refractivity contribution in [2.75, 3.05) is 18.5 Å². The minimum atomic E-state index is -5.01. The molecular formula is C18H20F3N3O5. The van der Waals surface area contributed by atoms with Gasteiger partial charge in [-0.05, 0) is 18.1 Å². The second-order valence-electron chi connectivity index (χ2n) is 6.11. The van der Waals surface area contributed by atoms with Crippen LogP contribution in [-0.2, 0) is 14.3 Å². The SMILES string of the molecule is CC(C)CNC(=O)NC(=O)COC(=O)c1ccccc1N/C=C/C(=O)C(F)(F)F. The summed E-state index contributed by atoms with van der Waals surface area (Å²) in [7, 11) is 0. The van der Waals surface area contributed by atoms with Gasteiger partial charge in [-0.2, -0.15) is 13.2 Å². The van der Waals surface area contributed by atoms with Crippen LogP contribution in [0.3, 0.4) is 0 Å². The predicted molar refractivity (Wildman–Crippen MR) is 96.9 cm³/mol. The molecule has 0 saturated heterocycles. The number of rotatable bonds is 8. The standard InChI is InChI=1S/C18H20F3N3O5/c1-11(2)9-23-17(28)24-15(26)10-29-16(27)12-5-3-4-6-13(12)22-8-7-14(25)18(19,20)21/h3-8,11,22H,9-10H2,1-2H3,(H2,23,24,26,28)/b8-7+. The molecule has 3 N–H and O–H groups in total. The van der Waals surface area contributed by atoms with E-state index in [1.165, 1.54) is 24.3 Å². The second-order valence-corrected chi connectivity index (χ2v) is 6.11. The molecule has 1 aromatic carbocycles. The maximum Gasteiger partial charge on any atom is 0.454 e. The van der Waals surface area contributed by atoms with Crippen molar-refractivity contribution in [2.24, 2.45) is 5.92 Å². The predicted octanol–water partition coefficient (Wildman–Crippen LogP) is 2.38. The molecular weight excluding hydrogens is 395 g/mol. The van der Waals surface area contributed by atoms with Crippen LogP contribution in [0.4, 0.5) is 23.7 Å². The third-order valence-corrected chi connectivity index (χ3v) is 3.16. The average molecular weight is 415 g/mol. The van der Waals surface area contributed by atoms with E-state index >= 15 is 0 Å². The van der Waals surface area contributed by atoms with Crippen molar-refractivity contribution in [1.29, 1.82) is 0 Å². The van der Waals surface area contributed by atoms with Crippen molar-refractivity contribution in [3.05, 3.63) is 42.1 Å². The van der Waals surface area contributed by atoms with Gasteiger partial charge >= 0.3 is 18.2 Å². The lowest BCUT2D eigenvalue weighted by atomic mass is 10.2. The number of allylic oxidation sites excluding steroid dienone is 1. The summed E-state index contributed by atoms with van der Waals surface area (Å²) in [6.45, 7) is 3.33. The topological polar surface area (TPSA) is 114 Å². The van der Waals surface area contributed by atoms with Gasteiger partial charge in [-0.15, -0.1) is 0 Å². The number of benzene rings is 1. The quantitative estimate of drug-likeness (QED) is 0.444. The Bertz CT molecular complexity index is 791. The minimum Gasteiger partial charge on any atom is -0.452 e. The summed E-state index contributed by atoms with van der Waals surface area (Å²) in [5.74, 6) is -3.71. The van der Waals surface area contributed by atoms with Crippen LogP contribution < -0.4 is 16.0 Å². The van der Waals surface area contributed by atoms with Crippen molar-refractivity contribution < 1.29 is 37.1 Å². The molecule has 0 aliphatic carbocycles. The average Bonchev–Trinajstić information content (AvgIpc) is 2.64. The Hall–Kier alpha value is -3.37. The number of hydrogen-bond donors (Lipinski definition) is 3. The molecule has 0 aromatic heterocycles. The first-order valence-corrected chi connectivity index (χ1v) is 8.38. The molecule has 158 valence electrons. The number of halogens is 3. The van der Waals surface area contributed by atoms with E-state index in [-0.39, 0.29) is 23.2 Å². The highest BCUT2D eigenvalue weighted by Gasteiger charge is 2.36. The lowest BCUT2D eigenvalue weighted by molar-refractivity contribution is -0.165. The lowest BCUT2D eigenvalue weighted by Gasteiger charge is -2.10. The number of ketones is 1. The normalized spacial score (nSPS) is 11.2. The largest absolute Gasteiger partial charge is 0.454 e. The Labute approximate surface area is 164 Å². The fraction of sp³-hybridized carbons (Fsp3) is 0.333. The van der Waals surface area contributed by atoms with Crippen molar-refractivity contribution >= 4 is 29.4 Å². The summed E-state index contributed by atoms with van der Waals surface area (Å²) in [4.78, 5) is 46.0. The molecule has 0 heterocycles. The van der Waals surface area contributed by atoms with Gasteiger partial charge in [0.2, 0.25) is 0 Å². The van der Waals surface area contributed by atoms with Crippen molar-refractivity contribution in [1.82, 2.24) is 10.6 Å². The van der Waals surface area contributed by atoms with E-state index in [9.17, 15) is 32.3 Å². The summed E-state index contributed by atoms with van der Waals surface area (Å²) in [6.07, 6.45) is -4.01. The molecule has 0 fully saturated rings. The van der Waals surface area contributed by atoms with Crippen molar-refractivity contribution in [3.63, 3.8) is 0 Å². The van der Waals surface area contributed by atoms with Crippen LogP contribution in [0, 0.1) is 5.92 Å². The molecule has 0 radical (unpaired) electrons. The van der Waals surface area contributed by atoms with E-state index in [2.05, 4.69) is 10.6 Å². The van der Waals surface area contributed by atoms with Gasteiger partial charge in [-0.3, -0.25) is 14.9 Å². The Morgan fingerprint density at radius 2 is 1.79 bits per heavy atom. The van der Waals surface area contributed by atoms with E-state index in [0.717, 1.165) is 6.20 Å². The Balaban J connectivity index is 2.62. The second kappa shape index (κ2) is 10.8. The van der Waals surface area contributed by atoms with Gasteiger partial charge in [0.1, 0.15) is 0 Å². The molecule has 3 amide bonds. The molecule has 0 spiro atoms. The number of para-hydroxylation sites is 1. The molecule has 11 heteroatoms. The number of alkyl halides is 3. The van der Waals surface area contributed by atoms with Crippen LogP contribution in [-0.4, -0.2) is 43.0 Å². The maximum atomic E-state index is 12.2. The number of carbonyl (C=O) groups is 4. The third-order valence-electron chi connectivity index (χ3n) is 3.16. The van der Waals surface area contributed by atoms with Gasteiger partial charge in [0.25, 0.3) is 11.7 Å². The number of imide groups is 1. The summed E-state index contributed by atoms with van der Waals surface area (Å²) in [5, 5.41) is 6.81. The lowest BCUT2D eigenvalue weighted by Crippen LogP contribution is -2.42. The zero-order valence-electron chi connectivity index (χ0n) is 15.6. The number of carbonyl (C=O) groups excluding carboxylic acids is 4. The fourth-order valence-electron chi connectivity index (χ4n) is 1.80. The Morgan fingerprint density at radius 1 is 1.14 bits per heavy atom. The maximum absolute atomic E-state index is 12.2. The summed E-state index contributed by atoms with van der Waals surface area (Å²) in [5.41, 5.74) is -0.0347. The zero-order valence-corrected chi connectivity index (χ0v) is 15.6. The fourth-order valence-corrected chi connectivity index (χ4v) is 1.80. The molecule has 29 heavy (non-hydrogen) atoms. The molecule has 0 unspecified atom stereocenters. The first-order chi connectivity index (χ1) is 13.5. The minimum absolute atomic E-state index is 0.0545. The van der Waals surface area contributed by atoms with E-state index in [0.29, 0.717) is 6.54 Å². The van der Waals surface area contributed by atoms with Crippen LogP contribution in [0.15, 0.2) is 36.5 Å². The number of esters is 1. The first kappa shape index (κ1) is 23.7. The third kappa shape index (κ3) is 8.91. The summed E-state index contributed by atoms with van der Waals surface area (Å²) < 4.78 is 41.3. The van der Waals surface area contributed by atoms with E-state index < -0.39 is 36.5 Å². The highest BCUT2D eigenvalue weighted by Crippen LogP contribution is 2.18. The van der Waals surface area contributed by atoms with Gasteiger partial charge in [0.05, 0.1) is 11.3 Å². The zero-order chi connectivity index (χ0) is 22.0. The molecule has 8 nitrogen and oxygen atoms in total. The van der Waals surface area contributed by atoms with Gasteiger partial charge in [-0.1, -0.05) is 26.0 Å². The van der Waals surface area contributed by atoms with Gasteiger partial charge in [0.15, 0.2) is 6.61 Å². The molecule has 0 bridgehead atoms. The first-order valence-electron chi connectivity index (χ1n) is 8.38. The smallest absolute Gasteiger partial charge is 0.452 e. The van der Waals surface area contributed by atoms with E-state index in [4.69, 9.17) is 4.74 Å². The van der Waals surface area contributed by atoms with Crippen molar-refractivity contribution in [2.45, 2.75) is 20.0 Å². The number of nitrogens with one attached hydrogen (secondary N) is 3. The molecule has 1 rings (SSSR count). The molecule has 0 atom stereocenters. The van der Waals surface area contributed by atoms with Gasteiger partial charge < -0.3 is 15.4 Å². The number of ether oxygens (including phenoxy) is 1. The molecule has 1 aromatic rings. The molecule has 0 aliphatic rings. The van der Waals surface area contributed by atoms with Crippen LogP contribution in [0.5, 0.6) is 0 Å². The van der Waals surface area contributed by atoms with Crippen LogP contribution >= 0.6 is 0 Å². The number of anilines is 1. The monoisotopic (exact) mass is 415 g/mol. The molecule has 0 saturated carbocycles. The van der Waals surface area contributed by atoms with E-state index in [1.54, 1.807) is 0 Å². The van der Waals surface area contributed by atoms with Crippen molar-refractivity contribution in [3.8, 4) is 0 Å². The highest BCUT2D eigenvalue weighted by molar-refractivity contribution is 5.99. The number of amides is 3. The molecule has 0 aliphatic heterocycles. The number of urea groups is 1.